The van der Waals surface area contributed by atoms with Gasteiger partial charge in [0.2, 0.25) is 0 Å². The van der Waals surface area contributed by atoms with Crippen LogP contribution in [0.15, 0.2) is 23.1 Å². The second-order valence-corrected chi connectivity index (χ2v) is 8.47. The molecule has 5 nitrogen and oxygen atoms in total. The monoisotopic (exact) mass is 318 g/mol. The molecule has 2 atom stereocenters. The molecule has 0 aliphatic carbocycles. The Morgan fingerprint density at radius 2 is 2.05 bits per heavy atom. The molecule has 20 heavy (non-hydrogen) atoms. The summed E-state index contributed by atoms with van der Waals surface area (Å²) in [5.41, 5.74) is -0.0443. The van der Waals surface area contributed by atoms with Crippen LogP contribution >= 0.6 is 0 Å². The Labute approximate surface area is 121 Å². The van der Waals surface area contributed by atoms with Gasteiger partial charge in [0, 0.05) is 24.5 Å². The quantitative estimate of drug-likeness (QED) is 0.852. The molecule has 2 rings (SSSR count). The topological polar surface area (TPSA) is 69.7 Å². The molecule has 0 saturated carbocycles. The Morgan fingerprint density at radius 1 is 1.40 bits per heavy atom. The highest BCUT2D eigenvalue weighted by Gasteiger charge is 2.38. The smallest absolute Gasteiger partial charge is 0.176 e. The average molecular weight is 318 g/mol. The van der Waals surface area contributed by atoms with Crippen molar-refractivity contribution in [2.24, 2.45) is 0 Å². The zero-order chi connectivity index (χ0) is 15.1. The van der Waals surface area contributed by atoms with Gasteiger partial charge in [-0.15, -0.1) is 0 Å². The number of benzene rings is 1. The van der Waals surface area contributed by atoms with E-state index in [4.69, 9.17) is 8.92 Å². The largest absolute Gasteiger partial charge is 0.487 e. The molecule has 0 spiro atoms. The van der Waals surface area contributed by atoms with E-state index in [2.05, 4.69) is 0 Å². The minimum absolute atomic E-state index is 0.168. The summed E-state index contributed by atoms with van der Waals surface area (Å²) in [6.45, 7) is 3.77. The summed E-state index contributed by atoms with van der Waals surface area (Å²) in [5.74, 6) is 0.472. The van der Waals surface area contributed by atoms with Crippen LogP contribution in [0.3, 0.4) is 0 Å². The van der Waals surface area contributed by atoms with E-state index in [1.807, 2.05) is 13.8 Å². The van der Waals surface area contributed by atoms with Gasteiger partial charge in [-0.3, -0.25) is 4.18 Å². The van der Waals surface area contributed by atoms with Gasteiger partial charge in [0.05, 0.1) is 4.90 Å². The lowest BCUT2D eigenvalue weighted by molar-refractivity contribution is 0.0254. The van der Waals surface area contributed by atoms with Gasteiger partial charge < -0.3 is 4.74 Å². The Kier molecular flexibility index (Phi) is 3.96. The van der Waals surface area contributed by atoms with Crippen LogP contribution in [-0.4, -0.2) is 30.7 Å². The molecular formula is C13H18O5S2. The van der Waals surface area contributed by atoms with Crippen LogP contribution in [0.25, 0.3) is 0 Å². The Balaban J connectivity index is 2.63. The Morgan fingerprint density at radius 3 is 2.60 bits per heavy atom. The lowest BCUT2D eigenvalue weighted by atomic mass is 9.92. The summed E-state index contributed by atoms with van der Waals surface area (Å²) in [6, 6.07) is 4.86. The molecule has 1 aliphatic rings. The summed E-state index contributed by atoms with van der Waals surface area (Å²) < 4.78 is 46.5. The van der Waals surface area contributed by atoms with E-state index in [0.29, 0.717) is 17.7 Å². The van der Waals surface area contributed by atoms with Crippen molar-refractivity contribution in [3.05, 3.63) is 23.8 Å². The first kappa shape index (κ1) is 15.5. The number of sulfone groups is 1. The van der Waals surface area contributed by atoms with Crippen molar-refractivity contribution in [2.75, 3.05) is 12.5 Å². The van der Waals surface area contributed by atoms with E-state index in [9.17, 15) is 12.6 Å². The molecule has 1 aliphatic heterocycles. The van der Waals surface area contributed by atoms with Crippen molar-refractivity contribution in [3.63, 3.8) is 0 Å². The maximum atomic E-state index is 11.9. The van der Waals surface area contributed by atoms with Crippen LogP contribution in [0, 0.1) is 0 Å². The van der Waals surface area contributed by atoms with Crippen LogP contribution in [0.1, 0.15) is 31.9 Å². The van der Waals surface area contributed by atoms with E-state index in [1.54, 1.807) is 12.1 Å². The molecule has 0 saturated heterocycles. The zero-order valence-corrected chi connectivity index (χ0v) is 13.5. The average Bonchev–Trinajstić information content (AvgIpc) is 2.24. The number of fused-ring (bicyclic) bond motifs is 1. The summed E-state index contributed by atoms with van der Waals surface area (Å²) >= 11 is -1.49. The molecule has 2 unspecified atom stereocenters. The fourth-order valence-corrected chi connectivity index (χ4v) is 3.84. The SMILES string of the molecule is CS(=O)OC1CC(C)(C)Oc2cccc(S(C)(=O)=O)c21. The number of rotatable bonds is 3. The summed E-state index contributed by atoms with van der Waals surface area (Å²) in [5, 5.41) is 0. The van der Waals surface area contributed by atoms with Gasteiger partial charge in [0.25, 0.3) is 0 Å². The van der Waals surface area contributed by atoms with E-state index < -0.39 is 32.6 Å². The Bertz CT molecular complexity index is 649. The molecular weight excluding hydrogens is 300 g/mol. The first-order valence-corrected chi connectivity index (χ1v) is 9.50. The van der Waals surface area contributed by atoms with E-state index >= 15 is 0 Å². The van der Waals surface area contributed by atoms with E-state index in [1.165, 1.54) is 12.3 Å². The molecule has 0 bridgehead atoms. The Hall–Kier alpha value is -0.920. The summed E-state index contributed by atoms with van der Waals surface area (Å²) in [7, 11) is -3.41. The third-order valence-electron chi connectivity index (χ3n) is 3.06. The van der Waals surface area contributed by atoms with Crippen LogP contribution in [0.5, 0.6) is 5.75 Å². The van der Waals surface area contributed by atoms with Crippen LogP contribution in [-0.2, 0) is 25.1 Å². The molecule has 7 heteroatoms. The highest BCUT2D eigenvalue weighted by atomic mass is 32.2. The fourth-order valence-electron chi connectivity index (χ4n) is 2.39. The van der Waals surface area contributed by atoms with Gasteiger partial charge in [0.1, 0.15) is 17.5 Å². The van der Waals surface area contributed by atoms with E-state index in [0.717, 1.165) is 6.26 Å². The number of hydrogen-bond donors (Lipinski definition) is 0. The van der Waals surface area contributed by atoms with Crippen molar-refractivity contribution < 1.29 is 21.5 Å². The van der Waals surface area contributed by atoms with Crippen molar-refractivity contribution in [3.8, 4) is 5.75 Å². The highest BCUT2D eigenvalue weighted by molar-refractivity contribution is 7.90. The van der Waals surface area contributed by atoms with Crippen molar-refractivity contribution in [1.82, 2.24) is 0 Å². The second kappa shape index (κ2) is 5.13. The van der Waals surface area contributed by atoms with Crippen molar-refractivity contribution >= 4 is 20.9 Å². The molecule has 112 valence electrons. The van der Waals surface area contributed by atoms with Gasteiger partial charge in [-0.1, -0.05) is 6.07 Å². The molecule has 0 amide bonds. The molecule has 0 fully saturated rings. The van der Waals surface area contributed by atoms with E-state index in [-0.39, 0.29) is 4.90 Å². The molecule has 1 heterocycles. The molecule has 0 radical (unpaired) electrons. The van der Waals surface area contributed by atoms with Gasteiger partial charge in [0.15, 0.2) is 20.9 Å². The predicted molar refractivity (Wildman–Crippen MR) is 76.8 cm³/mol. The van der Waals surface area contributed by atoms with Crippen molar-refractivity contribution in [1.29, 1.82) is 0 Å². The normalized spacial score (nSPS) is 22.7. The lowest BCUT2D eigenvalue weighted by Gasteiger charge is -2.37. The first-order chi connectivity index (χ1) is 9.10. The minimum atomic E-state index is -3.41. The number of ether oxygens (including phenoxy) is 1. The third kappa shape index (κ3) is 3.21. The molecule has 1 aromatic carbocycles. The van der Waals surface area contributed by atoms with Crippen LogP contribution in [0.4, 0.5) is 0 Å². The fraction of sp³-hybridized carbons (Fsp3) is 0.538. The standard InChI is InChI=1S/C13H18O5S2/c1-13(2)8-10(18-19(3)14)12-9(17-13)6-5-7-11(12)20(4,15)16/h5-7,10H,8H2,1-4H3. The number of hydrogen-bond acceptors (Lipinski definition) is 5. The first-order valence-electron chi connectivity index (χ1n) is 6.13. The highest BCUT2D eigenvalue weighted by Crippen LogP contribution is 2.44. The summed E-state index contributed by atoms with van der Waals surface area (Å²) in [4.78, 5) is 0.168. The predicted octanol–water partition coefficient (Wildman–Crippen LogP) is 2.00. The maximum Gasteiger partial charge on any atom is 0.176 e. The van der Waals surface area contributed by atoms with Gasteiger partial charge in [-0.05, 0) is 26.0 Å². The third-order valence-corrected chi connectivity index (χ3v) is 4.72. The zero-order valence-electron chi connectivity index (χ0n) is 11.9. The maximum absolute atomic E-state index is 11.9. The van der Waals surface area contributed by atoms with Crippen LogP contribution < -0.4 is 4.74 Å². The molecule has 0 N–H and O–H groups in total. The summed E-state index contributed by atoms with van der Waals surface area (Å²) in [6.07, 6.45) is 2.44. The lowest BCUT2D eigenvalue weighted by Crippen LogP contribution is -2.36. The van der Waals surface area contributed by atoms with Gasteiger partial charge in [-0.25, -0.2) is 12.6 Å². The van der Waals surface area contributed by atoms with Crippen molar-refractivity contribution in [2.45, 2.75) is 36.9 Å². The van der Waals surface area contributed by atoms with Gasteiger partial charge in [-0.2, -0.15) is 0 Å². The second-order valence-electron chi connectivity index (χ2n) is 5.49. The van der Waals surface area contributed by atoms with Gasteiger partial charge >= 0.3 is 0 Å². The minimum Gasteiger partial charge on any atom is -0.487 e. The molecule has 1 aromatic rings. The van der Waals surface area contributed by atoms with Crippen LogP contribution in [0.2, 0.25) is 0 Å². The molecule has 0 aromatic heterocycles.